The molecule has 0 aromatic heterocycles. The van der Waals surface area contributed by atoms with Crippen molar-refractivity contribution < 1.29 is 13.9 Å². The monoisotopic (exact) mass is 260 g/mol. The fourth-order valence-corrected chi connectivity index (χ4v) is 2.69. The number of ether oxygens (including phenoxy) is 2. The van der Waals surface area contributed by atoms with Crippen LogP contribution in [0, 0.1) is 5.92 Å². The zero-order valence-electron chi connectivity index (χ0n) is 11.2. The molecule has 2 aliphatic rings. The lowest BCUT2D eigenvalue weighted by molar-refractivity contribution is 0.174. The molecular formula is C16H17FO2. The van der Waals surface area contributed by atoms with Gasteiger partial charge in [-0.15, -0.1) is 0 Å². The SMILES string of the molecule is CC(C)C1=C(c2ccc3c(c2)OCO3)C(F)=CCC1. The standard InChI is InChI=1S/C16H17FO2/c1-10(2)12-4-3-5-13(17)16(12)11-6-7-14-15(8-11)19-9-18-14/h5-8,10H,3-4,9H2,1-2H3. The van der Waals surface area contributed by atoms with Crippen LogP contribution in [-0.2, 0) is 0 Å². The van der Waals surface area contributed by atoms with E-state index in [1.807, 2.05) is 18.2 Å². The number of benzene rings is 1. The van der Waals surface area contributed by atoms with Crippen LogP contribution in [0.1, 0.15) is 32.3 Å². The predicted molar refractivity (Wildman–Crippen MR) is 72.7 cm³/mol. The summed E-state index contributed by atoms with van der Waals surface area (Å²) >= 11 is 0. The Balaban J connectivity index is 2.10. The third-order valence-electron chi connectivity index (χ3n) is 3.66. The van der Waals surface area contributed by atoms with Gasteiger partial charge in [0.25, 0.3) is 0 Å². The topological polar surface area (TPSA) is 18.5 Å². The Morgan fingerprint density at radius 3 is 2.74 bits per heavy atom. The number of hydrogen-bond acceptors (Lipinski definition) is 2. The Morgan fingerprint density at radius 2 is 1.95 bits per heavy atom. The molecule has 0 N–H and O–H groups in total. The molecule has 19 heavy (non-hydrogen) atoms. The first kappa shape index (κ1) is 12.3. The van der Waals surface area contributed by atoms with E-state index >= 15 is 0 Å². The highest BCUT2D eigenvalue weighted by Crippen LogP contribution is 2.41. The molecule has 3 rings (SSSR count). The third kappa shape index (κ3) is 2.14. The lowest BCUT2D eigenvalue weighted by atomic mass is 9.85. The van der Waals surface area contributed by atoms with Crippen LogP contribution in [0.3, 0.4) is 0 Å². The Hall–Kier alpha value is -1.77. The van der Waals surface area contributed by atoms with Crippen LogP contribution in [0.15, 0.2) is 35.7 Å². The molecule has 1 aromatic rings. The van der Waals surface area contributed by atoms with Gasteiger partial charge in [-0.3, -0.25) is 0 Å². The van der Waals surface area contributed by atoms with Crippen LogP contribution >= 0.6 is 0 Å². The lowest BCUT2D eigenvalue weighted by Crippen LogP contribution is -2.04. The van der Waals surface area contributed by atoms with Gasteiger partial charge < -0.3 is 9.47 Å². The van der Waals surface area contributed by atoms with Gasteiger partial charge >= 0.3 is 0 Å². The van der Waals surface area contributed by atoms with Gasteiger partial charge in [-0.05, 0) is 42.5 Å². The maximum Gasteiger partial charge on any atom is 0.231 e. The molecule has 100 valence electrons. The summed E-state index contributed by atoms with van der Waals surface area (Å²) in [6.07, 6.45) is 3.38. The minimum absolute atomic E-state index is 0.117. The summed E-state index contributed by atoms with van der Waals surface area (Å²) in [5, 5.41) is 0. The fourth-order valence-electron chi connectivity index (χ4n) is 2.69. The molecule has 0 radical (unpaired) electrons. The van der Waals surface area contributed by atoms with Crippen LogP contribution in [0.2, 0.25) is 0 Å². The minimum atomic E-state index is -0.117. The maximum absolute atomic E-state index is 14.2. The Bertz CT molecular complexity index is 570. The number of rotatable bonds is 2. The van der Waals surface area contributed by atoms with Crippen molar-refractivity contribution in [1.29, 1.82) is 0 Å². The second-order valence-electron chi connectivity index (χ2n) is 5.21. The quantitative estimate of drug-likeness (QED) is 0.781. The first-order valence-corrected chi connectivity index (χ1v) is 6.66. The number of allylic oxidation sites excluding steroid dienone is 4. The highest BCUT2D eigenvalue weighted by Gasteiger charge is 2.22. The van der Waals surface area contributed by atoms with Gasteiger partial charge in [0.1, 0.15) is 5.83 Å². The summed E-state index contributed by atoms with van der Waals surface area (Å²) in [6.45, 7) is 4.47. The van der Waals surface area contributed by atoms with Gasteiger partial charge in [-0.1, -0.05) is 25.5 Å². The highest BCUT2D eigenvalue weighted by atomic mass is 19.1. The van der Waals surface area contributed by atoms with Gasteiger partial charge in [0, 0.05) is 5.57 Å². The summed E-state index contributed by atoms with van der Waals surface area (Å²) in [7, 11) is 0. The summed E-state index contributed by atoms with van der Waals surface area (Å²) in [5.41, 5.74) is 2.79. The minimum Gasteiger partial charge on any atom is -0.454 e. The molecule has 0 bridgehead atoms. The number of hydrogen-bond donors (Lipinski definition) is 0. The molecule has 3 heteroatoms. The second kappa shape index (κ2) is 4.72. The van der Waals surface area contributed by atoms with Gasteiger partial charge in [-0.2, -0.15) is 0 Å². The molecule has 1 aromatic carbocycles. The number of halogens is 1. The molecule has 1 aliphatic carbocycles. The van der Waals surface area contributed by atoms with Crippen LogP contribution < -0.4 is 9.47 Å². The molecule has 1 aliphatic heterocycles. The normalized spacial score (nSPS) is 18.0. The van der Waals surface area contributed by atoms with Crippen LogP contribution in [0.5, 0.6) is 11.5 Å². The predicted octanol–water partition coefficient (Wildman–Crippen LogP) is 4.47. The average Bonchev–Trinajstić information content (AvgIpc) is 2.85. The summed E-state index contributed by atoms with van der Waals surface area (Å²) in [5.74, 6) is 1.66. The summed E-state index contributed by atoms with van der Waals surface area (Å²) < 4.78 is 24.9. The molecule has 2 nitrogen and oxygen atoms in total. The summed E-state index contributed by atoms with van der Waals surface area (Å²) in [6, 6.07) is 5.63. The van der Waals surface area contributed by atoms with E-state index in [4.69, 9.17) is 9.47 Å². The van der Waals surface area contributed by atoms with Gasteiger partial charge in [-0.25, -0.2) is 4.39 Å². The van der Waals surface area contributed by atoms with Crippen molar-refractivity contribution in [2.24, 2.45) is 5.92 Å². The van der Waals surface area contributed by atoms with Crippen LogP contribution in [0.25, 0.3) is 5.57 Å². The van der Waals surface area contributed by atoms with Crippen molar-refractivity contribution in [3.8, 4) is 11.5 Å². The first-order valence-electron chi connectivity index (χ1n) is 6.66. The van der Waals surface area contributed by atoms with Crippen LogP contribution in [0.4, 0.5) is 4.39 Å². The Labute approximate surface area is 112 Å². The molecular weight excluding hydrogens is 243 g/mol. The molecule has 0 fully saturated rings. The molecule has 0 unspecified atom stereocenters. The van der Waals surface area contributed by atoms with Gasteiger partial charge in [0.15, 0.2) is 11.5 Å². The zero-order valence-corrected chi connectivity index (χ0v) is 11.2. The maximum atomic E-state index is 14.2. The van der Waals surface area contributed by atoms with E-state index in [0.29, 0.717) is 11.7 Å². The first-order chi connectivity index (χ1) is 9.16. The van der Waals surface area contributed by atoms with E-state index in [2.05, 4.69) is 13.8 Å². The third-order valence-corrected chi connectivity index (χ3v) is 3.66. The molecule has 0 saturated carbocycles. The smallest absolute Gasteiger partial charge is 0.231 e. The van der Waals surface area contributed by atoms with E-state index in [1.54, 1.807) is 6.08 Å². The van der Waals surface area contributed by atoms with Crippen molar-refractivity contribution in [3.63, 3.8) is 0 Å². The van der Waals surface area contributed by atoms with E-state index in [1.165, 1.54) is 5.57 Å². The Morgan fingerprint density at radius 1 is 1.16 bits per heavy atom. The zero-order chi connectivity index (χ0) is 13.4. The van der Waals surface area contributed by atoms with Gasteiger partial charge in [0.2, 0.25) is 6.79 Å². The molecule has 0 atom stereocenters. The molecule has 0 saturated heterocycles. The summed E-state index contributed by atoms with van der Waals surface area (Å²) in [4.78, 5) is 0. The number of fused-ring (bicyclic) bond motifs is 1. The second-order valence-corrected chi connectivity index (χ2v) is 5.21. The van der Waals surface area contributed by atoms with Gasteiger partial charge in [0.05, 0.1) is 0 Å². The average molecular weight is 260 g/mol. The van der Waals surface area contributed by atoms with Crippen LogP contribution in [-0.4, -0.2) is 6.79 Å². The van der Waals surface area contributed by atoms with E-state index in [-0.39, 0.29) is 12.6 Å². The Kier molecular flexibility index (Phi) is 3.05. The van der Waals surface area contributed by atoms with Crippen molar-refractivity contribution in [2.45, 2.75) is 26.7 Å². The molecule has 1 heterocycles. The van der Waals surface area contributed by atoms with Crippen molar-refractivity contribution in [2.75, 3.05) is 6.79 Å². The fraction of sp³-hybridized carbons (Fsp3) is 0.375. The highest BCUT2D eigenvalue weighted by molar-refractivity contribution is 5.81. The van der Waals surface area contributed by atoms with Crippen molar-refractivity contribution in [1.82, 2.24) is 0 Å². The van der Waals surface area contributed by atoms with E-state index in [9.17, 15) is 4.39 Å². The van der Waals surface area contributed by atoms with E-state index < -0.39 is 0 Å². The van der Waals surface area contributed by atoms with Crippen molar-refractivity contribution in [3.05, 3.63) is 41.2 Å². The molecule has 0 amide bonds. The largest absolute Gasteiger partial charge is 0.454 e. The van der Waals surface area contributed by atoms with E-state index in [0.717, 1.165) is 29.7 Å². The molecule has 0 spiro atoms. The lowest BCUT2D eigenvalue weighted by Gasteiger charge is -2.21. The van der Waals surface area contributed by atoms with Crippen molar-refractivity contribution >= 4 is 5.57 Å².